The Morgan fingerprint density at radius 3 is 2.44 bits per heavy atom. The van der Waals surface area contributed by atoms with Gasteiger partial charge in [-0.2, -0.15) is 0 Å². The maximum Gasteiger partial charge on any atom is 0.122 e. The van der Waals surface area contributed by atoms with Gasteiger partial charge in [0.05, 0.1) is 12.7 Å². The minimum Gasteiger partial charge on any atom is -0.496 e. The summed E-state index contributed by atoms with van der Waals surface area (Å²) in [5.74, 6) is 0.863. The van der Waals surface area contributed by atoms with Crippen LogP contribution in [0, 0.1) is 13.8 Å². The Labute approximate surface area is 97.4 Å². The molecule has 90 valence electrons. The molecule has 0 aliphatic rings. The number of hydrogen-bond donors (Lipinski definition) is 2. The number of rotatable bonds is 4. The molecular weight excluding hydrogens is 202 g/mol. The highest BCUT2D eigenvalue weighted by molar-refractivity contribution is 5.43. The van der Waals surface area contributed by atoms with Gasteiger partial charge in [-0.3, -0.25) is 0 Å². The summed E-state index contributed by atoms with van der Waals surface area (Å²) in [6, 6.07) is 3.96. The molecule has 0 heterocycles. The highest BCUT2D eigenvalue weighted by Gasteiger charge is 2.24. The van der Waals surface area contributed by atoms with Gasteiger partial charge in [0, 0.05) is 6.54 Å². The second-order valence-electron chi connectivity index (χ2n) is 4.44. The second kappa shape index (κ2) is 4.85. The maximum absolute atomic E-state index is 10.4. The third-order valence-electron chi connectivity index (χ3n) is 2.84. The summed E-state index contributed by atoms with van der Waals surface area (Å²) in [6.07, 6.45) is 0. The zero-order chi connectivity index (χ0) is 12.3. The molecule has 1 unspecified atom stereocenters. The summed E-state index contributed by atoms with van der Waals surface area (Å²) in [5.41, 5.74) is 2.18. The fourth-order valence-corrected chi connectivity index (χ4v) is 2.03. The third-order valence-corrected chi connectivity index (χ3v) is 2.84. The van der Waals surface area contributed by atoms with Gasteiger partial charge in [0.15, 0.2) is 0 Å². The smallest absolute Gasteiger partial charge is 0.122 e. The van der Waals surface area contributed by atoms with E-state index in [-0.39, 0.29) is 0 Å². The number of ether oxygens (including phenoxy) is 1. The first-order valence-corrected chi connectivity index (χ1v) is 5.45. The number of hydrogen-bond acceptors (Lipinski definition) is 3. The van der Waals surface area contributed by atoms with E-state index in [2.05, 4.69) is 5.32 Å². The molecule has 0 bridgehead atoms. The van der Waals surface area contributed by atoms with Gasteiger partial charge < -0.3 is 15.2 Å². The number of methoxy groups -OCH3 is 1. The van der Waals surface area contributed by atoms with Gasteiger partial charge in [0.25, 0.3) is 0 Å². The predicted octanol–water partition coefficient (Wildman–Crippen LogP) is 1.74. The molecule has 2 N–H and O–H groups in total. The van der Waals surface area contributed by atoms with E-state index in [9.17, 15) is 5.11 Å². The molecule has 1 aromatic rings. The topological polar surface area (TPSA) is 41.5 Å². The van der Waals surface area contributed by atoms with Crippen LogP contribution in [-0.4, -0.2) is 25.8 Å². The average Bonchev–Trinajstić information content (AvgIpc) is 2.20. The Bertz CT molecular complexity index is 372. The largest absolute Gasteiger partial charge is 0.496 e. The van der Waals surface area contributed by atoms with E-state index in [1.54, 1.807) is 7.11 Å². The quantitative estimate of drug-likeness (QED) is 0.817. The minimum absolute atomic E-state index is 0.527. The number of likely N-dealkylation sites (N-methyl/N-ethyl adjacent to an activating group) is 1. The molecule has 3 nitrogen and oxygen atoms in total. The van der Waals surface area contributed by atoms with Crippen molar-refractivity contribution in [3.8, 4) is 5.75 Å². The number of aryl methyl sites for hydroxylation is 2. The maximum atomic E-state index is 10.4. The monoisotopic (exact) mass is 223 g/mol. The fourth-order valence-electron chi connectivity index (χ4n) is 2.03. The molecule has 3 heteroatoms. The first-order chi connectivity index (χ1) is 7.42. The van der Waals surface area contributed by atoms with Crippen LogP contribution in [-0.2, 0) is 5.60 Å². The van der Waals surface area contributed by atoms with Crippen LogP contribution in [0.5, 0.6) is 5.75 Å². The van der Waals surface area contributed by atoms with Crippen molar-refractivity contribution in [3.63, 3.8) is 0 Å². The van der Waals surface area contributed by atoms with Gasteiger partial charge in [0.1, 0.15) is 5.75 Å². The van der Waals surface area contributed by atoms with Crippen molar-refractivity contribution in [2.45, 2.75) is 26.4 Å². The Balaban J connectivity index is 3.20. The van der Waals surface area contributed by atoms with E-state index in [0.29, 0.717) is 6.54 Å². The van der Waals surface area contributed by atoms with Gasteiger partial charge in [0.2, 0.25) is 0 Å². The number of aliphatic hydroxyl groups is 1. The molecule has 0 aromatic heterocycles. The van der Waals surface area contributed by atoms with E-state index >= 15 is 0 Å². The molecule has 0 radical (unpaired) electrons. The van der Waals surface area contributed by atoms with Crippen molar-refractivity contribution in [1.29, 1.82) is 0 Å². The lowest BCUT2D eigenvalue weighted by atomic mass is 9.90. The summed E-state index contributed by atoms with van der Waals surface area (Å²) in [6.45, 7) is 6.32. The van der Waals surface area contributed by atoms with E-state index < -0.39 is 5.60 Å². The van der Waals surface area contributed by atoms with E-state index in [1.165, 1.54) is 0 Å². The van der Waals surface area contributed by atoms with Crippen molar-refractivity contribution < 1.29 is 9.84 Å². The van der Waals surface area contributed by atoms with Crippen LogP contribution in [0.3, 0.4) is 0 Å². The molecule has 1 aromatic carbocycles. The summed E-state index contributed by atoms with van der Waals surface area (Å²) in [5, 5.41) is 13.4. The molecule has 0 aliphatic heterocycles. The number of benzene rings is 1. The highest BCUT2D eigenvalue weighted by Crippen LogP contribution is 2.29. The molecule has 16 heavy (non-hydrogen) atoms. The van der Waals surface area contributed by atoms with Crippen LogP contribution in [0.15, 0.2) is 12.1 Å². The normalized spacial score (nSPS) is 14.6. The van der Waals surface area contributed by atoms with Crippen LogP contribution in [0.2, 0.25) is 0 Å². The van der Waals surface area contributed by atoms with Crippen LogP contribution in [0.4, 0.5) is 0 Å². The molecule has 1 atom stereocenters. The Morgan fingerprint density at radius 1 is 1.31 bits per heavy atom. The summed E-state index contributed by atoms with van der Waals surface area (Å²) in [4.78, 5) is 0. The first-order valence-electron chi connectivity index (χ1n) is 5.45. The zero-order valence-corrected chi connectivity index (χ0v) is 10.7. The summed E-state index contributed by atoms with van der Waals surface area (Å²) in [7, 11) is 3.49. The van der Waals surface area contributed by atoms with Crippen LogP contribution < -0.4 is 10.1 Å². The van der Waals surface area contributed by atoms with Crippen molar-refractivity contribution >= 4 is 0 Å². The Kier molecular flexibility index (Phi) is 3.94. The van der Waals surface area contributed by atoms with Gasteiger partial charge >= 0.3 is 0 Å². The van der Waals surface area contributed by atoms with Crippen molar-refractivity contribution in [3.05, 3.63) is 28.8 Å². The molecule has 0 spiro atoms. The lowest BCUT2D eigenvalue weighted by Crippen LogP contribution is -2.34. The van der Waals surface area contributed by atoms with Gasteiger partial charge in [-0.05, 0) is 56.6 Å². The van der Waals surface area contributed by atoms with Crippen LogP contribution in [0.1, 0.15) is 23.6 Å². The molecular formula is C13H21NO2. The van der Waals surface area contributed by atoms with Crippen molar-refractivity contribution in [1.82, 2.24) is 5.32 Å². The number of nitrogens with one attached hydrogen (secondary N) is 1. The lowest BCUT2D eigenvalue weighted by Gasteiger charge is -2.26. The van der Waals surface area contributed by atoms with Gasteiger partial charge in [-0.25, -0.2) is 0 Å². The lowest BCUT2D eigenvalue weighted by molar-refractivity contribution is 0.0584. The predicted molar refractivity (Wildman–Crippen MR) is 66.0 cm³/mol. The van der Waals surface area contributed by atoms with Crippen LogP contribution >= 0.6 is 0 Å². The Morgan fingerprint density at radius 2 is 1.94 bits per heavy atom. The van der Waals surface area contributed by atoms with Gasteiger partial charge in [-0.15, -0.1) is 0 Å². The highest BCUT2D eigenvalue weighted by atomic mass is 16.5. The minimum atomic E-state index is -0.851. The average molecular weight is 223 g/mol. The fraction of sp³-hybridized carbons (Fsp3) is 0.538. The standard InChI is InChI=1S/C13H21NO2/c1-9-7-12(16-5)10(2)6-11(9)13(3,15)8-14-4/h6-7,14-15H,8H2,1-5H3. The third kappa shape index (κ3) is 2.54. The summed E-state index contributed by atoms with van der Waals surface area (Å²) >= 11 is 0. The molecule has 0 fully saturated rings. The van der Waals surface area contributed by atoms with E-state index in [0.717, 1.165) is 22.4 Å². The Hall–Kier alpha value is -1.06. The summed E-state index contributed by atoms with van der Waals surface area (Å²) < 4.78 is 5.26. The van der Waals surface area contributed by atoms with Crippen LogP contribution in [0.25, 0.3) is 0 Å². The zero-order valence-electron chi connectivity index (χ0n) is 10.7. The van der Waals surface area contributed by atoms with E-state index in [1.807, 2.05) is 40.0 Å². The van der Waals surface area contributed by atoms with Crippen molar-refractivity contribution in [2.75, 3.05) is 20.7 Å². The van der Waals surface area contributed by atoms with Gasteiger partial charge in [-0.1, -0.05) is 0 Å². The molecule has 0 amide bonds. The van der Waals surface area contributed by atoms with E-state index in [4.69, 9.17) is 4.74 Å². The molecule has 0 aliphatic carbocycles. The second-order valence-corrected chi connectivity index (χ2v) is 4.44. The molecule has 0 saturated carbocycles. The molecule has 1 rings (SSSR count). The molecule has 0 saturated heterocycles. The van der Waals surface area contributed by atoms with Crippen molar-refractivity contribution in [2.24, 2.45) is 0 Å². The SMILES string of the molecule is CNCC(C)(O)c1cc(C)c(OC)cc1C. The first kappa shape index (κ1) is 13.0.